The molecule has 5 nitrogen and oxygen atoms in total. The molecule has 0 saturated carbocycles. The Labute approximate surface area is 91.0 Å². The summed E-state index contributed by atoms with van der Waals surface area (Å²) in [7, 11) is 1.59. The fraction of sp³-hybridized carbons (Fsp3) is 0.800. The number of nitrogens with one attached hydrogen (secondary N) is 1. The van der Waals surface area contributed by atoms with Gasteiger partial charge in [0.25, 0.3) is 0 Å². The van der Waals surface area contributed by atoms with Crippen LogP contribution in [0.3, 0.4) is 0 Å². The molecule has 0 aromatic heterocycles. The Morgan fingerprint density at radius 1 is 1.40 bits per heavy atom. The van der Waals surface area contributed by atoms with Gasteiger partial charge in [-0.3, -0.25) is 9.59 Å². The summed E-state index contributed by atoms with van der Waals surface area (Å²) in [5, 5.41) is 3.22. The van der Waals surface area contributed by atoms with E-state index in [1.165, 1.54) is 4.90 Å². The highest BCUT2D eigenvalue weighted by molar-refractivity contribution is 5.83. The highest BCUT2D eigenvalue weighted by atomic mass is 16.2. The quantitative estimate of drug-likeness (QED) is 0.573. The van der Waals surface area contributed by atoms with Gasteiger partial charge in [-0.2, -0.15) is 0 Å². The van der Waals surface area contributed by atoms with E-state index in [0.717, 1.165) is 13.0 Å². The molecule has 88 valence electrons. The topological polar surface area (TPSA) is 75.4 Å². The van der Waals surface area contributed by atoms with E-state index in [9.17, 15) is 9.59 Å². The van der Waals surface area contributed by atoms with Gasteiger partial charge in [0.1, 0.15) is 0 Å². The predicted octanol–water partition coefficient (Wildman–Crippen LogP) is -0.292. The van der Waals surface area contributed by atoms with Gasteiger partial charge in [-0.15, -0.1) is 0 Å². The summed E-state index contributed by atoms with van der Waals surface area (Å²) in [4.78, 5) is 23.3. The van der Waals surface area contributed by atoms with Gasteiger partial charge < -0.3 is 16.0 Å². The van der Waals surface area contributed by atoms with Crippen LogP contribution in [0.15, 0.2) is 0 Å². The number of nitrogens with zero attached hydrogens (tertiary/aromatic N) is 1. The molecule has 0 saturated heterocycles. The van der Waals surface area contributed by atoms with Crippen LogP contribution in [0.25, 0.3) is 0 Å². The van der Waals surface area contributed by atoms with Crippen LogP contribution in [0.2, 0.25) is 0 Å². The largest absolute Gasteiger partial charge is 0.368 e. The van der Waals surface area contributed by atoms with Gasteiger partial charge in [-0.1, -0.05) is 13.8 Å². The summed E-state index contributed by atoms with van der Waals surface area (Å²) in [6.45, 7) is 4.92. The van der Waals surface area contributed by atoms with E-state index >= 15 is 0 Å². The van der Waals surface area contributed by atoms with Crippen molar-refractivity contribution in [2.75, 3.05) is 20.1 Å². The van der Waals surface area contributed by atoms with E-state index in [1.807, 2.05) is 0 Å². The average Bonchev–Trinajstić information content (AvgIpc) is 2.10. The van der Waals surface area contributed by atoms with Crippen molar-refractivity contribution in [1.29, 1.82) is 0 Å². The molecular formula is C10H21N3O2. The molecule has 0 spiro atoms. The van der Waals surface area contributed by atoms with Gasteiger partial charge >= 0.3 is 0 Å². The second kappa shape index (κ2) is 7.23. The van der Waals surface area contributed by atoms with E-state index < -0.39 is 5.91 Å². The van der Waals surface area contributed by atoms with E-state index in [0.29, 0.717) is 12.5 Å². The minimum Gasteiger partial charge on any atom is -0.368 e. The van der Waals surface area contributed by atoms with Crippen LogP contribution in [0, 0.1) is 0 Å². The smallest absolute Gasteiger partial charge is 0.237 e. The van der Waals surface area contributed by atoms with Crippen molar-refractivity contribution >= 4 is 11.8 Å². The molecule has 0 aromatic carbocycles. The lowest BCUT2D eigenvalue weighted by Gasteiger charge is -2.15. The molecule has 0 radical (unpaired) electrons. The zero-order valence-corrected chi connectivity index (χ0v) is 9.75. The van der Waals surface area contributed by atoms with Gasteiger partial charge in [0.2, 0.25) is 11.8 Å². The summed E-state index contributed by atoms with van der Waals surface area (Å²) in [5.41, 5.74) is 4.98. The molecule has 0 bridgehead atoms. The molecule has 0 rings (SSSR count). The molecule has 2 amide bonds. The number of primary amides is 1. The summed E-state index contributed by atoms with van der Waals surface area (Å²) in [6, 6.07) is 0.434. The lowest BCUT2D eigenvalue weighted by Crippen LogP contribution is -2.35. The van der Waals surface area contributed by atoms with Gasteiger partial charge in [0.05, 0.1) is 6.54 Å². The Kier molecular flexibility index (Phi) is 6.70. The Balaban J connectivity index is 3.60. The van der Waals surface area contributed by atoms with Gasteiger partial charge in [-0.05, 0) is 13.0 Å². The van der Waals surface area contributed by atoms with Crippen molar-refractivity contribution in [3.05, 3.63) is 0 Å². The Morgan fingerprint density at radius 2 is 2.00 bits per heavy atom. The SMILES string of the molecule is CC(C)NCCCC(=O)N(C)CC(N)=O. The standard InChI is InChI=1S/C10H21N3O2/c1-8(2)12-6-4-5-10(15)13(3)7-9(11)14/h8,12H,4-7H2,1-3H3,(H2,11,14). The molecule has 0 atom stereocenters. The second-order valence-corrected chi connectivity index (χ2v) is 3.93. The second-order valence-electron chi connectivity index (χ2n) is 3.93. The highest BCUT2D eigenvalue weighted by Crippen LogP contribution is 1.94. The number of hydrogen-bond donors (Lipinski definition) is 2. The molecule has 0 aliphatic heterocycles. The molecule has 15 heavy (non-hydrogen) atoms. The van der Waals surface area contributed by atoms with Gasteiger partial charge in [-0.25, -0.2) is 0 Å². The maximum absolute atomic E-state index is 11.4. The molecule has 0 fully saturated rings. The molecule has 3 N–H and O–H groups in total. The summed E-state index contributed by atoms with van der Waals surface area (Å²) in [6.07, 6.45) is 1.23. The van der Waals surface area contributed by atoms with E-state index in [4.69, 9.17) is 5.73 Å². The van der Waals surface area contributed by atoms with Crippen molar-refractivity contribution < 1.29 is 9.59 Å². The molecule has 0 aromatic rings. The Bertz CT molecular complexity index is 217. The van der Waals surface area contributed by atoms with Crippen molar-refractivity contribution in [2.45, 2.75) is 32.7 Å². The summed E-state index contributed by atoms with van der Waals surface area (Å²) >= 11 is 0. The van der Waals surface area contributed by atoms with Crippen molar-refractivity contribution in [2.24, 2.45) is 5.73 Å². The van der Waals surface area contributed by atoms with E-state index in [2.05, 4.69) is 19.2 Å². The minimum absolute atomic E-state index is 0.00353. The Morgan fingerprint density at radius 3 is 2.47 bits per heavy atom. The number of carbonyl (C=O) groups is 2. The van der Waals surface area contributed by atoms with E-state index in [-0.39, 0.29) is 12.5 Å². The van der Waals surface area contributed by atoms with E-state index in [1.54, 1.807) is 7.05 Å². The maximum atomic E-state index is 11.4. The first kappa shape index (κ1) is 13.9. The average molecular weight is 215 g/mol. The van der Waals surface area contributed by atoms with Crippen LogP contribution in [0.1, 0.15) is 26.7 Å². The third-order valence-electron chi connectivity index (χ3n) is 1.94. The van der Waals surface area contributed by atoms with Crippen LogP contribution in [0.4, 0.5) is 0 Å². The van der Waals surface area contributed by atoms with Crippen LogP contribution >= 0.6 is 0 Å². The summed E-state index contributed by atoms with van der Waals surface area (Å²) in [5.74, 6) is -0.523. The number of hydrogen-bond acceptors (Lipinski definition) is 3. The van der Waals surface area contributed by atoms with Crippen LogP contribution in [0.5, 0.6) is 0 Å². The first-order valence-corrected chi connectivity index (χ1v) is 5.19. The highest BCUT2D eigenvalue weighted by Gasteiger charge is 2.09. The third kappa shape index (κ3) is 7.93. The molecule has 5 heteroatoms. The van der Waals surface area contributed by atoms with Crippen LogP contribution in [-0.4, -0.2) is 42.9 Å². The first-order chi connectivity index (χ1) is 6.93. The van der Waals surface area contributed by atoms with Gasteiger partial charge in [0.15, 0.2) is 0 Å². The molecule has 0 aliphatic carbocycles. The maximum Gasteiger partial charge on any atom is 0.237 e. The number of likely N-dealkylation sites (N-methyl/N-ethyl adjacent to an activating group) is 1. The molecule has 0 heterocycles. The number of amides is 2. The zero-order valence-electron chi connectivity index (χ0n) is 9.75. The fourth-order valence-corrected chi connectivity index (χ4v) is 1.14. The minimum atomic E-state index is -0.480. The zero-order chi connectivity index (χ0) is 11.8. The van der Waals surface area contributed by atoms with Crippen LogP contribution in [-0.2, 0) is 9.59 Å². The lowest BCUT2D eigenvalue weighted by atomic mass is 10.2. The van der Waals surface area contributed by atoms with Gasteiger partial charge in [0, 0.05) is 19.5 Å². The monoisotopic (exact) mass is 215 g/mol. The van der Waals surface area contributed by atoms with Crippen molar-refractivity contribution in [1.82, 2.24) is 10.2 Å². The normalized spacial score (nSPS) is 10.4. The molecule has 0 unspecified atom stereocenters. The van der Waals surface area contributed by atoms with Crippen LogP contribution < -0.4 is 11.1 Å². The summed E-state index contributed by atoms with van der Waals surface area (Å²) < 4.78 is 0. The van der Waals surface area contributed by atoms with Crippen molar-refractivity contribution in [3.63, 3.8) is 0 Å². The third-order valence-corrected chi connectivity index (χ3v) is 1.94. The number of carbonyl (C=O) groups excluding carboxylic acids is 2. The molecule has 0 aliphatic rings. The first-order valence-electron chi connectivity index (χ1n) is 5.19. The number of rotatable bonds is 7. The Hall–Kier alpha value is -1.10. The van der Waals surface area contributed by atoms with Crippen molar-refractivity contribution in [3.8, 4) is 0 Å². The fourth-order valence-electron chi connectivity index (χ4n) is 1.14. The molecular weight excluding hydrogens is 194 g/mol. The lowest BCUT2D eigenvalue weighted by molar-refractivity contribution is -0.133. The predicted molar refractivity (Wildman–Crippen MR) is 59.2 cm³/mol. The number of nitrogens with two attached hydrogens (primary N) is 1.